The normalized spacial score (nSPS) is 24.1. The van der Waals surface area contributed by atoms with Crippen molar-refractivity contribution in [2.75, 3.05) is 6.54 Å². The average Bonchev–Trinajstić information content (AvgIpc) is 2.28. The Hall–Kier alpha value is -1.38. The van der Waals surface area contributed by atoms with E-state index in [-0.39, 0.29) is 17.5 Å². The molecule has 0 spiro atoms. The van der Waals surface area contributed by atoms with Gasteiger partial charge in [0.25, 0.3) is 5.91 Å². The zero-order valence-electron chi connectivity index (χ0n) is 11.2. The molecule has 0 aliphatic carbocycles. The van der Waals surface area contributed by atoms with Crippen molar-refractivity contribution >= 4 is 5.91 Å². The van der Waals surface area contributed by atoms with Crippen LogP contribution in [0.25, 0.3) is 0 Å². The minimum absolute atomic E-state index is 0.174. The second kappa shape index (κ2) is 5.09. The van der Waals surface area contributed by atoms with E-state index in [1.54, 1.807) is 17.0 Å². The topological polar surface area (TPSA) is 20.3 Å². The Labute approximate surface area is 108 Å². The molecule has 0 saturated carbocycles. The third kappa shape index (κ3) is 2.55. The van der Waals surface area contributed by atoms with Gasteiger partial charge >= 0.3 is 0 Å². The molecule has 0 radical (unpaired) electrons. The molecule has 1 fully saturated rings. The maximum absolute atomic E-state index is 13.8. The lowest BCUT2D eigenvalue weighted by Gasteiger charge is -2.36. The number of carbonyl (C=O) groups is 1. The summed E-state index contributed by atoms with van der Waals surface area (Å²) in [4.78, 5) is 14.1. The van der Waals surface area contributed by atoms with E-state index in [1.165, 1.54) is 6.07 Å². The van der Waals surface area contributed by atoms with E-state index in [2.05, 4.69) is 6.92 Å². The highest BCUT2D eigenvalue weighted by Gasteiger charge is 2.28. The third-order valence-electron chi connectivity index (χ3n) is 3.75. The molecule has 98 valence electrons. The van der Waals surface area contributed by atoms with Crippen LogP contribution >= 0.6 is 0 Å². The zero-order valence-corrected chi connectivity index (χ0v) is 11.2. The first-order valence-electron chi connectivity index (χ1n) is 6.56. The molecule has 1 aromatic carbocycles. The summed E-state index contributed by atoms with van der Waals surface area (Å²) in [7, 11) is 0. The van der Waals surface area contributed by atoms with Crippen LogP contribution in [0.2, 0.25) is 0 Å². The van der Waals surface area contributed by atoms with Gasteiger partial charge in [0, 0.05) is 12.6 Å². The van der Waals surface area contributed by atoms with Gasteiger partial charge in [-0.1, -0.05) is 13.0 Å². The summed E-state index contributed by atoms with van der Waals surface area (Å²) in [5.74, 6) is 0.0598. The predicted molar refractivity (Wildman–Crippen MR) is 70.0 cm³/mol. The molecule has 1 aliphatic heterocycles. The third-order valence-corrected chi connectivity index (χ3v) is 3.75. The number of carbonyl (C=O) groups excluding carboxylic acids is 1. The van der Waals surface area contributed by atoms with E-state index in [0.717, 1.165) is 24.9 Å². The maximum Gasteiger partial charge on any atom is 0.257 e. The molecule has 2 atom stereocenters. The molecule has 2 rings (SSSR count). The van der Waals surface area contributed by atoms with Crippen LogP contribution in [-0.4, -0.2) is 23.4 Å². The molecule has 0 bridgehead atoms. The van der Waals surface area contributed by atoms with E-state index in [0.29, 0.717) is 5.92 Å². The molecule has 1 amide bonds. The summed E-state index contributed by atoms with van der Waals surface area (Å²) in [6, 6.07) is 5.00. The van der Waals surface area contributed by atoms with Gasteiger partial charge in [-0.2, -0.15) is 0 Å². The summed E-state index contributed by atoms with van der Waals surface area (Å²) in [6.07, 6.45) is 2.00. The lowest BCUT2D eigenvalue weighted by atomic mass is 9.93. The summed E-state index contributed by atoms with van der Waals surface area (Å²) in [5.41, 5.74) is 1.03. The number of likely N-dealkylation sites (tertiary alicyclic amines) is 1. The highest BCUT2D eigenvalue weighted by Crippen LogP contribution is 2.24. The molecule has 2 nitrogen and oxygen atoms in total. The first-order chi connectivity index (χ1) is 8.49. The number of halogens is 1. The highest BCUT2D eigenvalue weighted by molar-refractivity contribution is 5.94. The molecule has 1 aromatic rings. The number of aryl methyl sites for hydroxylation is 1. The first-order valence-corrected chi connectivity index (χ1v) is 6.56. The van der Waals surface area contributed by atoms with Crippen LogP contribution in [0, 0.1) is 18.7 Å². The van der Waals surface area contributed by atoms with Crippen LogP contribution in [0.4, 0.5) is 4.39 Å². The number of piperidine rings is 1. The zero-order chi connectivity index (χ0) is 13.3. The van der Waals surface area contributed by atoms with Crippen LogP contribution in [0.15, 0.2) is 18.2 Å². The minimum Gasteiger partial charge on any atom is -0.336 e. The van der Waals surface area contributed by atoms with Crippen LogP contribution in [0.3, 0.4) is 0 Å². The van der Waals surface area contributed by atoms with Gasteiger partial charge in [0.05, 0.1) is 5.56 Å². The number of rotatable bonds is 1. The Morgan fingerprint density at radius 3 is 2.72 bits per heavy atom. The van der Waals surface area contributed by atoms with E-state index >= 15 is 0 Å². The van der Waals surface area contributed by atoms with Crippen molar-refractivity contribution < 1.29 is 9.18 Å². The van der Waals surface area contributed by atoms with E-state index in [1.807, 2.05) is 13.8 Å². The number of hydrogen-bond acceptors (Lipinski definition) is 1. The molecule has 0 N–H and O–H groups in total. The van der Waals surface area contributed by atoms with Gasteiger partial charge in [-0.15, -0.1) is 0 Å². The van der Waals surface area contributed by atoms with Crippen molar-refractivity contribution in [3.8, 4) is 0 Å². The molecule has 0 aromatic heterocycles. The largest absolute Gasteiger partial charge is 0.336 e. The SMILES string of the molecule is Cc1ccc(C(=O)N2CCC(C)CC2C)c(F)c1. The summed E-state index contributed by atoms with van der Waals surface area (Å²) in [6.45, 7) is 6.79. The Morgan fingerprint density at radius 1 is 1.39 bits per heavy atom. The van der Waals surface area contributed by atoms with E-state index < -0.39 is 5.82 Å². The second-order valence-corrected chi connectivity index (χ2v) is 5.46. The molecule has 3 heteroatoms. The van der Waals surface area contributed by atoms with Crippen molar-refractivity contribution in [3.63, 3.8) is 0 Å². The monoisotopic (exact) mass is 249 g/mol. The molecule has 18 heavy (non-hydrogen) atoms. The van der Waals surface area contributed by atoms with Gasteiger partial charge in [-0.05, 0) is 50.3 Å². The molecule has 2 unspecified atom stereocenters. The minimum atomic E-state index is -0.411. The molecule has 1 aliphatic rings. The number of benzene rings is 1. The van der Waals surface area contributed by atoms with Crippen molar-refractivity contribution in [3.05, 3.63) is 35.1 Å². The van der Waals surface area contributed by atoms with E-state index in [9.17, 15) is 9.18 Å². The molecular formula is C15H20FNO. The lowest BCUT2D eigenvalue weighted by molar-refractivity contribution is 0.0584. The lowest BCUT2D eigenvalue weighted by Crippen LogP contribution is -2.44. The second-order valence-electron chi connectivity index (χ2n) is 5.46. The van der Waals surface area contributed by atoms with Crippen molar-refractivity contribution in [1.82, 2.24) is 4.90 Å². The number of hydrogen-bond donors (Lipinski definition) is 0. The number of nitrogens with zero attached hydrogens (tertiary/aromatic N) is 1. The van der Waals surface area contributed by atoms with Gasteiger partial charge in [-0.25, -0.2) is 4.39 Å². The smallest absolute Gasteiger partial charge is 0.257 e. The molecule has 1 heterocycles. The highest BCUT2D eigenvalue weighted by atomic mass is 19.1. The Bertz CT molecular complexity index is 458. The van der Waals surface area contributed by atoms with E-state index in [4.69, 9.17) is 0 Å². The summed E-state index contributed by atoms with van der Waals surface area (Å²) in [5, 5.41) is 0. The van der Waals surface area contributed by atoms with Crippen LogP contribution in [0.5, 0.6) is 0 Å². The van der Waals surface area contributed by atoms with Crippen LogP contribution in [0.1, 0.15) is 42.6 Å². The fourth-order valence-corrected chi connectivity index (χ4v) is 2.66. The predicted octanol–water partition coefficient (Wildman–Crippen LogP) is 3.39. The van der Waals surface area contributed by atoms with Crippen LogP contribution < -0.4 is 0 Å². The Kier molecular flexibility index (Phi) is 3.69. The average molecular weight is 249 g/mol. The summed E-state index contributed by atoms with van der Waals surface area (Å²) >= 11 is 0. The van der Waals surface area contributed by atoms with Gasteiger partial charge in [0.1, 0.15) is 5.82 Å². The Morgan fingerprint density at radius 2 is 2.11 bits per heavy atom. The summed E-state index contributed by atoms with van der Waals surface area (Å²) < 4.78 is 13.8. The standard InChI is InChI=1S/C15H20FNO/c1-10-4-5-13(14(16)9-10)15(18)17-7-6-11(2)8-12(17)3/h4-5,9,11-12H,6-8H2,1-3H3. The first kappa shape index (κ1) is 13.1. The van der Waals surface area contributed by atoms with Gasteiger partial charge < -0.3 is 4.90 Å². The van der Waals surface area contributed by atoms with Gasteiger partial charge in [-0.3, -0.25) is 4.79 Å². The van der Waals surface area contributed by atoms with Crippen molar-refractivity contribution in [2.45, 2.75) is 39.7 Å². The maximum atomic E-state index is 13.8. The fraction of sp³-hybridized carbons (Fsp3) is 0.533. The Balaban J connectivity index is 2.20. The van der Waals surface area contributed by atoms with Gasteiger partial charge in [0.15, 0.2) is 0 Å². The molecular weight excluding hydrogens is 229 g/mol. The quantitative estimate of drug-likeness (QED) is 0.747. The van der Waals surface area contributed by atoms with Gasteiger partial charge in [0.2, 0.25) is 0 Å². The number of amides is 1. The van der Waals surface area contributed by atoms with Crippen LogP contribution in [-0.2, 0) is 0 Å². The molecule has 1 saturated heterocycles. The fourth-order valence-electron chi connectivity index (χ4n) is 2.66. The van der Waals surface area contributed by atoms with Crippen molar-refractivity contribution in [1.29, 1.82) is 0 Å². The van der Waals surface area contributed by atoms with Crippen molar-refractivity contribution in [2.24, 2.45) is 5.92 Å².